The number of rotatable bonds is 5. The molecule has 18 heavy (non-hydrogen) atoms. The van der Waals surface area contributed by atoms with Gasteiger partial charge in [-0.05, 0) is 33.7 Å². The van der Waals surface area contributed by atoms with Crippen molar-refractivity contribution in [2.45, 2.75) is 40.2 Å². The van der Waals surface area contributed by atoms with Gasteiger partial charge in [-0.1, -0.05) is 6.92 Å². The summed E-state index contributed by atoms with van der Waals surface area (Å²) in [7, 11) is 0. The molecule has 0 radical (unpaired) electrons. The van der Waals surface area contributed by atoms with E-state index in [1.165, 1.54) is 4.88 Å². The van der Waals surface area contributed by atoms with Crippen molar-refractivity contribution >= 4 is 22.7 Å². The van der Waals surface area contributed by atoms with Crippen molar-refractivity contribution in [3.63, 3.8) is 0 Å². The van der Waals surface area contributed by atoms with Crippen molar-refractivity contribution in [2.75, 3.05) is 6.54 Å². The predicted molar refractivity (Wildman–Crippen MR) is 78.6 cm³/mol. The van der Waals surface area contributed by atoms with Crippen LogP contribution in [-0.2, 0) is 0 Å². The zero-order valence-electron chi connectivity index (χ0n) is 11.3. The number of aryl methyl sites for hydroxylation is 3. The summed E-state index contributed by atoms with van der Waals surface area (Å²) in [5, 5.41) is 7.90. The average molecular weight is 281 g/mol. The van der Waals surface area contributed by atoms with E-state index < -0.39 is 0 Å². The summed E-state index contributed by atoms with van der Waals surface area (Å²) in [6.07, 6.45) is 1.12. The Balaban J connectivity index is 2.30. The predicted octanol–water partition coefficient (Wildman–Crippen LogP) is 3.61. The van der Waals surface area contributed by atoms with Gasteiger partial charge in [0, 0.05) is 16.0 Å². The minimum atomic E-state index is 0.154. The van der Waals surface area contributed by atoms with Crippen LogP contribution >= 0.6 is 22.7 Å². The first-order chi connectivity index (χ1) is 8.61. The Kier molecular flexibility index (Phi) is 4.48. The molecule has 0 aliphatic rings. The van der Waals surface area contributed by atoms with Crippen molar-refractivity contribution in [2.24, 2.45) is 0 Å². The minimum Gasteiger partial charge on any atom is -0.302 e. The smallest absolute Gasteiger partial charge is 0.117 e. The van der Waals surface area contributed by atoms with Crippen molar-refractivity contribution in [1.82, 2.24) is 15.3 Å². The molecule has 1 unspecified atom stereocenters. The molecule has 0 aromatic carbocycles. The monoisotopic (exact) mass is 281 g/mol. The largest absolute Gasteiger partial charge is 0.302 e. The van der Waals surface area contributed by atoms with E-state index in [2.05, 4.69) is 41.4 Å². The molecule has 98 valence electrons. The van der Waals surface area contributed by atoms with E-state index in [0.717, 1.165) is 34.4 Å². The van der Waals surface area contributed by atoms with E-state index in [0.29, 0.717) is 0 Å². The molecule has 2 aromatic rings. The molecule has 0 bridgehead atoms. The molecule has 0 spiro atoms. The second-order valence-electron chi connectivity index (χ2n) is 4.41. The molecule has 0 fully saturated rings. The van der Waals surface area contributed by atoms with Gasteiger partial charge in [0.05, 0.1) is 5.69 Å². The van der Waals surface area contributed by atoms with E-state index in [1.54, 1.807) is 22.7 Å². The zero-order chi connectivity index (χ0) is 13.1. The SMILES string of the molecule is CCCNC(c1nc(C)cs1)c1nc(C)c(C)s1. The highest BCUT2D eigenvalue weighted by Crippen LogP contribution is 2.29. The van der Waals surface area contributed by atoms with Crippen LogP contribution in [-0.4, -0.2) is 16.5 Å². The van der Waals surface area contributed by atoms with Gasteiger partial charge in [-0.3, -0.25) is 0 Å². The molecule has 2 rings (SSSR count). The van der Waals surface area contributed by atoms with Gasteiger partial charge in [0.15, 0.2) is 0 Å². The molecular formula is C13H19N3S2. The van der Waals surface area contributed by atoms with Crippen LogP contribution < -0.4 is 5.32 Å². The lowest BCUT2D eigenvalue weighted by atomic mass is 10.3. The van der Waals surface area contributed by atoms with Crippen molar-refractivity contribution in [3.8, 4) is 0 Å². The molecule has 2 aromatic heterocycles. The Morgan fingerprint density at radius 2 is 2.00 bits per heavy atom. The molecule has 1 N–H and O–H groups in total. The Labute approximate surface area is 116 Å². The Bertz CT molecular complexity index is 497. The highest BCUT2D eigenvalue weighted by atomic mass is 32.1. The number of hydrogen-bond donors (Lipinski definition) is 1. The molecule has 0 saturated heterocycles. The number of thiazole rings is 2. The molecular weight excluding hydrogens is 262 g/mol. The first-order valence-electron chi connectivity index (χ1n) is 6.21. The van der Waals surface area contributed by atoms with Gasteiger partial charge in [0.25, 0.3) is 0 Å². The fourth-order valence-electron chi connectivity index (χ4n) is 1.69. The number of aromatic nitrogens is 2. The molecule has 0 amide bonds. The summed E-state index contributed by atoms with van der Waals surface area (Å²) < 4.78 is 0. The average Bonchev–Trinajstić information content (AvgIpc) is 2.88. The normalized spacial score (nSPS) is 12.9. The van der Waals surface area contributed by atoms with Crippen LogP contribution in [0.25, 0.3) is 0 Å². The fraction of sp³-hybridized carbons (Fsp3) is 0.538. The van der Waals surface area contributed by atoms with Gasteiger partial charge >= 0.3 is 0 Å². The topological polar surface area (TPSA) is 37.8 Å². The van der Waals surface area contributed by atoms with E-state index in [9.17, 15) is 0 Å². The number of hydrogen-bond acceptors (Lipinski definition) is 5. The van der Waals surface area contributed by atoms with Crippen LogP contribution in [0, 0.1) is 20.8 Å². The molecule has 1 atom stereocenters. The standard InChI is InChI=1S/C13H19N3S2/c1-5-6-14-11(12-15-8(2)7-17-12)13-16-9(3)10(4)18-13/h7,11,14H,5-6H2,1-4H3. The third-order valence-electron chi connectivity index (χ3n) is 2.77. The van der Waals surface area contributed by atoms with Gasteiger partial charge < -0.3 is 5.32 Å². The summed E-state index contributed by atoms with van der Waals surface area (Å²) in [6, 6.07) is 0.154. The summed E-state index contributed by atoms with van der Waals surface area (Å²) >= 11 is 3.48. The summed E-state index contributed by atoms with van der Waals surface area (Å²) in [4.78, 5) is 10.6. The van der Waals surface area contributed by atoms with E-state index in [4.69, 9.17) is 0 Å². The first kappa shape index (κ1) is 13.6. The lowest BCUT2D eigenvalue weighted by Crippen LogP contribution is -2.23. The molecule has 2 heterocycles. The van der Waals surface area contributed by atoms with E-state index in [-0.39, 0.29) is 6.04 Å². The lowest BCUT2D eigenvalue weighted by molar-refractivity contribution is 0.592. The van der Waals surface area contributed by atoms with Crippen LogP contribution in [0.5, 0.6) is 0 Å². The van der Waals surface area contributed by atoms with Gasteiger partial charge in [0.1, 0.15) is 16.1 Å². The molecule has 0 aliphatic carbocycles. The van der Waals surface area contributed by atoms with Gasteiger partial charge in [0.2, 0.25) is 0 Å². The highest BCUT2D eigenvalue weighted by molar-refractivity contribution is 7.12. The highest BCUT2D eigenvalue weighted by Gasteiger charge is 2.20. The van der Waals surface area contributed by atoms with Crippen molar-refractivity contribution in [3.05, 3.63) is 31.7 Å². The summed E-state index contributed by atoms with van der Waals surface area (Å²) in [5.41, 5.74) is 2.22. The maximum absolute atomic E-state index is 4.67. The second kappa shape index (κ2) is 5.91. The second-order valence-corrected chi connectivity index (χ2v) is 6.53. The fourth-order valence-corrected chi connectivity index (χ4v) is 3.64. The molecule has 0 saturated carbocycles. The van der Waals surface area contributed by atoms with Gasteiger partial charge in [-0.2, -0.15) is 0 Å². The Hall–Kier alpha value is -0.780. The van der Waals surface area contributed by atoms with E-state index in [1.807, 2.05) is 6.92 Å². The number of nitrogens with one attached hydrogen (secondary N) is 1. The Morgan fingerprint density at radius 3 is 2.50 bits per heavy atom. The summed E-state index contributed by atoms with van der Waals surface area (Å²) in [5.74, 6) is 0. The third-order valence-corrected chi connectivity index (χ3v) is 4.94. The maximum Gasteiger partial charge on any atom is 0.117 e. The van der Waals surface area contributed by atoms with Crippen LogP contribution in [0.15, 0.2) is 5.38 Å². The van der Waals surface area contributed by atoms with Crippen molar-refractivity contribution in [1.29, 1.82) is 0 Å². The number of nitrogens with zero attached hydrogens (tertiary/aromatic N) is 2. The van der Waals surface area contributed by atoms with Crippen LogP contribution in [0.2, 0.25) is 0 Å². The maximum atomic E-state index is 4.67. The first-order valence-corrected chi connectivity index (χ1v) is 7.90. The lowest BCUT2D eigenvalue weighted by Gasteiger charge is -2.13. The van der Waals surface area contributed by atoms with Crippen LogP contribution in [0.4, 0.5) is 0 Å². The van der Waals surface area contributed by atoms with Gasteiger partial charge in [-0.25, -0.2) is 9.97 Å². The quantitative estimate of drug-likeness (QED) is 0.909. The van der Waals surface area contributed by atoms with Crippen molar-refractivity contribution < 1.29 is 0 Å². The third kappa shape index (κ3) is 2.96. The molecule has 0 aliphatic heterocycles. The van der Waals surface area contributed by atoms with Gasteiger partial charge in [-0.15, -0.1) is 22.7 Å². The zero-order valence-corrected chi connectivity index (χ0v) is 12.9. The minimum absolute atomic E-state index is 0.154. The summed E-state index contributed by atoms with van der Waals surface area (Å²) in [6.45, 7) is 9.39. The molecule has 3 nitrogen and oxygen atoms in total. The molecule has 5 heteroatoms. The van der Waals surface area contributed by atoms with E-state index >= 15 is 0 Å². The Morgan fingerprint density at radius 1 is 1.22 bits per heavy atom. The van der Waals surface area contributed by atoms with Crippen LogP contribution in [0.1, 0.15) is 45.7 Å². The van der Waals surface area contributed by atoms with Crippen LogP contribution in [0.3, 0.4) is 0 Å².